The second-order valence-corrected chi connectivity index (χ2v) is 5.62. The molecule has 0 radical (unpaired) electrons. The average Bonchev–Trinajstić information content (AvgIpc) is 3.15. The van der Waals surface area contributed by atoms with Crippen molar-refractivity contribution in [3.8, 4) is 22.9 Å². The molecule has 0 unspecified atom stereocenters. The molecule has 0 atom stereocenters. The summed E-state index contributed by atoms with van der Waals surface area (Å²) in [5.41, 5.74) is 1.48. The van der Waals surface area contributed by atoms with Gasteiger partial charge in [-0.3, -0.25) is 4.79 Å². The van der Waals surface area contributed by atoms with Gasteiger partial charge in [-0.1, -0.05) is 12.1 Å². The summed E-state index contributed by atoms with van der Waals surface area (Å²) in [7, 11) is 3.09. The Hall–Kier alpha value is -3.49. The van der Waals surface area contributed by atoms with Crippen LogP contribution in [0.4, 0.5) is 4.39 Å². The number of halogens is 1. The highest BCUT2D eigenvalue weighted by Gasteiger charge is 2.12. The number of ether oxygens (including phenoxy) is 2. The summed E-state index contributed by atoms with van der Waals surface area (Å²) < 4.78 is 23.3. The van der Waals surface area contributed by atoms with Gasteiger partial charge < -0.3 is 14.8 Å². The van der Waals surface area contributed by atoms with Gasteiger partial charge in [0.05, 0.1) is 14.2 Å². The predicted octanol–water partition coefficient (Wildman–Crippen LogP) is 1.81. The number of nitrogens with one attached hydrogen (secondary N) is 1. The molecule has 140 valence electrons. The molecule has 0 aliphatic heterocycles. The summed E-state index contributed by atoms with van der Waals surface area (Å²) in [4.78, 5) is 13.2. The lowest BCUT2D eigenvalue weighted by Gasteiger charge is -2.07. The molecule has 1 N–H and O–H groups in total. The minimum atomic E-state index is -0.320. The molecule has 8 nitrogen and oxygen atoms in total. The summed E-state index contributed by atoms with van der Waals surface area (Å²) in [5.74, 6) is 0.898. The zero-order valence-electron chi connectivity index (χ0n) is 14.8. The van der Waals surface area contributed by atoms with Gasteiger partial charge in [-0.2, -0.15) is 4.80 Å². The van der Waals surface area contributed by atoms with Crippen LogP contribution in [0.25, 0.3) is 11.4 Å². The Balaban J connectivity index is 1.62. The Bertz CT molecular complexity index is 927. The molecule has 0 fully saturated rings. The highest BCUT2D eigenvalue weighted by Crippen LogP contribution is 2.30. The standard InChI is InChI=1S/C18H18FN5O3/c1-26-15-8-5-13(9-16(15)27-2)18-21-23-24(22-18)11-17(25)20-10-12-3-6-14(19)7-4-12/h3-9H,10-11H2,1-2H3,(H,20,25). The Labute approximate surface area is 154 Å². The number of aromatic nitrogens is 4. The smallest absolute Gasteiger partial charge is 0.243 e. The van der Waals surface area contributed by atoms with Crippen LogP contribution in [-0.2, 0) is 17.9 Å². The molecule has 0 saturated carbocycles. The fraction of sp³-hybridized carbons (Fsp3) is 0.222. The van der Waals surface area contributed by atoms with E-state index in [1.54, 1.807) is 37.4 Å². The van der Waals surface area contributed by atoms with Crippen molar-refractivity contribution in [3.63, 3.8) is 0 Å². The number of hydrogen-bond donors (Lipinski definition) is 1. The monoisotopic (exact) mass is 371 g/mol. The number of benzene rings is 2. The number of nitrogens with zero attached hydrogens (tertiary/aromatic N) is 4. The van der Waals surface area contributed by atoms with Crippen molar-refractivity contribution >= 4 is 5.91 Å². The van der Waals surface area contributed by atoms with Gasteiger partial charge in [0.2, 0.25) is 11.7 Å². The maximum atomic E-state index is 12.9. The number of amides is 1. The lowest BCUT2D eigenvalue weighted by molar-refractivity contribution is -0.122. The zero-order valence-corrected chi connectivity index (χ0v) is 14.8. The van der Waals surface area contributed by atoms with Gasteiger partial charge in [0.15, 0.2) is 11.5 Å². The fourth-order valence-corrected chi connectivity index (χ4v) is 2.39. The summed E-state index contributed by atoms with van der Waals surface area (Å²) >= 11 is 0. The third-order valence-electron chi connectivity index (χ3n) is 3.78. The molecule has 9 heteroatoms. The molecular formula is C18H18FN5O3. The van der Waals surface area contributed by atoms with Crippen molar-refractivity contribution in [3.05, 3.63) is 53.8 Å². The second-order valence-electron chi connectivity index (χ2n) is 5.62. The molecule has 1 amide bonds. The molecule has 1 heterocycles. The van der Waals surface area contributed by atoms with E-state index in [1.807, 2.05) is 0 Å². The van der Waals surface area contributed by atoms with Crippen LogP contribution in [0.1, 0.15) is 5.56 Å². The van der Waals surface area contributed by atoms with E-state index < -0.39 is 0 Å². The fourth-order valence-electron chi connectivity index (χ4n) is 2.39. The van der Waals surface area contributed by atoms with Crippen LogP contribution >= 0.6 is 0 Å². The van der Waals surface area contributed by atoms with E-state index in [1.165, 1.54) is 24.0 Å². The first-order valence-corrected chi connectivity index (χ1v) is 8.10. The van der Waals surface area contributed by atoms with Gasteiger partial charge in [-0.25, -0.2) is 4.39 Å². The van der Waals surface area contributed by atoms with E-state index in [4.69, 9.17) is 9.47 Å². The number of rotatable bonds is 7. The molecule has 1 aromatic heterocycles. The first-order valence-electron chi connectivity index (χ1n) is 8.10. The molecule has 3 aromatic rings. The van der Waals surface area contributed by atoms with Gasteiger partial charge in [0.25, 0.3) is 0 Å². The SMILES string of the molecule is COc1ccc(-c2nnn(CC(=O)NCc3ccc(F)cc3)n2)cc1OC. The normalized spacial score (nSPS) is 10.5. The van der Waals surface area contributed by atoms with E-state index in [-0.39, 0.29) is 24.8 Å². The predicted molar refractivity (Wildman–Crippen MR) is 94.6 cm³/mol. The minimum absolute atomic E-state index is 0.0819. The minimum Gasteiger partial charge on any atom is -0.493 e. The first-order chi connectivity index (χ1) is 13.1. The van der Waals surface area contributed by atoms with Crippen molar-refractivity contribution in [2.45, 2.75) is 13.1 Å². The Morgan fingerprint density at radius 3 is 2.56 bits per heavy atom. The first kappa shape index (κ1) is 18.3. The van der Waals surface area contributed by atoms with Crippen molar-refractivity contribution in [2.24, 2.45) is 0 Å². The summed E-state index contributed by atoms with van der Waals surface area (Å²) in [6, 6.07) is 11.2. The van der Waals surface area contributed by atoms with Crippen LogP contribution in [0.2, 0.25) is 0 Å². The highest BCUT2D eigenvalue weighted by atomic mass is 19.1. The number of tetrazole rings is 1. The second kappa shape index (κ2) is 8.26. The Kier molecular flexibility index (Phi) is 5.60. The van der Waals surface area contributed by atoms with Crippen LogP contribution in [-0.4, -0.2) is 40.3 Å². The molecule has 2 aromatic carbocycles. The topological polar surface area (TPSA) is 91.2 Å². The van der Waals surface area contributed by atoms with E-state index in [0.29, 0.717) is 22.9 Å². The van der Waals surface area contributed by atoms with Gasteiger partial charge in [-0.15, -0.1) is 10.2 Å². The quantitative estimate of drug-likeness (QED) is 0.681. The number of hydrogen-bond acceptors (Lipinski definition) is 6. The van der Waals surface area contributed by atoms with E-state index in [2.05, 4.69) is 20.7 Å². The molecular weight excluding hydrogens is 353 g/mol. The van der Waals surface area contributed by atoms with E-state index in [0.717, 1.165) is 5.56 Å². The lowest BCUT2D eigenvalue weighted by atomic mass is 10.2. The van der Waals surface area contributed by atoms with Crippen LogP contribution in [0.3, 0.4) is 0 Å². The largest absolute Gasteiger partial charge is 0.493 e. The number of carbonyl (C=O) groups is 1. The molecule has 0 saturated heterocycles. The molecule has 27 heavy (non-hydrogen) atoms. The van der Waals surface area contributed by atoms with Crippen LogP contribution in [0.15, 0.2) is 42.5 Å². The van der Waals surface area contributed by atoms with Gasteiger partial charge >= 0.3 is 0 Å². The summed E-state index contributed by atoms with van der Waals surface area (Å²) in [6.07, 6.45) is 0. The number of methoxy groups -OCH3 is 2. The van der Waals surface area contributed by atoms with Crippen molar-refractivity contribution in [1.82, 2.24) is 25.5 Å². The Morgan fingerprint density at radius 2 is 1.85 bits per heavy atom. The van der Waals surface area contributed by atoms with Crippen molar-refractivity contribution in [2.75, 3.05) is 14.2 Å². The van der Waals surface area contributed by atoms with Gasteiger partial charge in [-0.05, 0) is 41.1 Å². The zero-order chi connectivity index (χ0) is 19.2. The van der Waals surface area contributed by atoms with Crippen molar-refractivity contribution in [1.29, 1.82) is 0 Å². The van der Waals surface area contributed by atoms with Crippen LogP contribution in [0, 0.1) is 5.82 Å². The van der Waals surface area contributed by atoms with E-state index in [9.17, 15) is 9.18 Å². The molecule has 0 aliphatic carbocycles. The lowest BCUT2D eigenvalue weighted by Crippen LogP contribution is -2.28. The maximum Gasteiger partial charge on any atom is 0.243 e. The summed E-state index contributed by atoms with van der Waals surface area (Å²) in [5, 5.41) is 14.8. The third-order valence-corrected chi connectivity index (χ3v) is 3.78. The van der Waals surface area contributed by atoms with Gasteiger partial charge in [0.1, 0.15) is 12.4 Å². The molecule has 0 bridgehead atoms. The maximum absolute atomic E-state index is 12.9. The molecule has 0 aliphatic rings. The molecule has 0 spiro atoms. The van der Waals surface area contributed by atoms with Gasteiger partial charge in [0, 0.05) is 12.1 Å². The van der Waals surface area contributed by atoms with E-state index >= 15 is 0 Å². The van der Waals surface area contributed by atoms with Crippen molar-refractivity contribution < 1.29 is 18.7 Å². The highest BCUT2D eigenvalue weighted by molar-refractivity contribution is 5.75. The Morgan fingerprint density at radius 1 is 1.11 bits per heavy atom. The summed E-state index contributed by atoms with van der Waals surface area (Å²) in [6.45, 7) is 0.206. The van der Waals surface area contributed by atoms with Crippen LogP contribution < -0.4 is 14.8 Å². The average molecular weight is 371 g/mol. The third kappa shape index (κ3) is 4.57. The number of carbonyl (C=O) groups excluding carboxylic acids is 1. The van der Waals surface area contributed by atoms with Crippen LogP contribution in [0.5, 0.6) is 11.5 Å². The molecule has 3 rings (SSSR count).